The minimum absolute atomic E-state index is 0. The monoisotopic (exact) mass is 937 g/mol. The predicted octanol–water partition coefficient (Wildman–Crippen LogP) is 9.43. The van der Waals surface area contributed by atoms with Gasteiger partial charge in [0.1, 0.15) is 23.9 Å². The van der Waals surface area contributed by atoms with Crippen molar-refractivity contribution < 1.29 is 35.4 Å². The third-order valence-corrected chi connectivity index (χ3v) is 11.1. The van der Waals surface area contributed by atoms with Crippen LogP contribution in [0.3, 0.4) is 0 Å². The van der Waals surface area contributed by atoms with E-state index in [-0.39, 0.29) is 56.8 Å². The summed E-state index contributed by atoms with van der Waals surface area (Å²) in [7, 11) is 3.97. The molecule has 0 bridgehead atoms. The molecule has 0 saturated carbocycles. The summed E-state index contributed by atoms with van der Waals surface area (Å²) in [4.78, 5) is 25.4. The van der Waals surface area contributed by atoms with Crippen LogP contribution in [0.5, 0.6) is 17.2 Å². The molecule has 9 rings (SSSR count). The third-order valence-electron chi connectivity index (χ3n) is 11.1. The van der Waals surface area contributed by atoms with E-state index in [9.17, 15) is 19.8 Å². The van der Waals surface area contributed by atoms with Gasteiger partial charge >= 0.3 is 11.4 Å². The maximum Gasteiger partial charge on any atom is 0.348 e. The van der Waals surface area contributed by atoms with Crippen LogP contribution < -0.4 is 16.1 Å². The summed E-state index contributed by atoms with van der Waals surface area (Å²) in [6.45, 7) is 10.7. The van der Waals surface area contributed by atoms with Crippen molar-refractivity contribution in [1.29, 1.82) is 0 Å². The Morgan fingerprint density at radius 1 is 0.635 bits per heavy atom. The van der Waals surface area contributed by atoms with Gasteiger partial charge in [-0.15, -0.1) is 0 Å². The van der Waals surface area contributed by atoms with E-state index in [1.807, 2.05) is 124 Å². The Labute approximate surface area is 378 Å². The number of ether oxygens (including phenoxy) is 1. The number of rotatable bonds is 9. The van der Waals surface area contributed by atoms with Crippen molar-refractivity contribution in [3.8, 4) is 51.4 Å². The molecule has 0 fully saturated rings. The van der Waals surface area contributed by atoms with Crippen molar-refractivity contribution in [3.63, 3.8) is 0 Å². The van der Waals surface area contributed by atoms with Crippen LogP contribution in [-0.4, -0.2) is 48.9 Å². The van der Waals surface area contributed by atoms with Crippen molar-refractivity contribution in [2.75, 3.05) is 0 Å². The molecule has 0 amide bonds. The van der Waals surface area contributed by atoms with E-state index in [1.54, 1.807) is 10.6 Å². The van der Waals surface area contributed by atoms with Crippen LogP contribution in [0.25, 0.3) is 56.0 Å². The zero-order valence-corrected chi connectivity index (χ0v) is 38.0. The molecule has 0 aliphatic rings. The molecular weight excluding hydrogens is 887 g/mol. The molecule has 4 N–H and O–H groups in total. The Kier molecular flexibility index (Phi) is 13.5. The van der Waals surface area contributed by atoms with Crippen molar-refractivity contribution in [2.24, 2.45) is 14.1 Å². The Morgan fingerprint density at radius 2 is 1.14 bits per heavy atom. The predicted molar refractivity (Wildman–Crippen MR) is 246 cm³/mol. The number of hydrogen-bond donors (Lipinski definition) is 4. The zero-order chi connectivity index (χ0) is 43.1. The summed E-state index contributed by atoms with van der Waals surface area (Å²) >= 11 is 0. The second-order valence-corrected chi connectivity index (χ2v) is 15.9. The van der Waals surface area contributed by atoms with Gasteiger partial charge in [0.25, 0.3) is 0 Å². The number of nitrogens with one attached hydrogen (secondary N) is 2. The summed E-state index contributed by atoms with van der Waals surface area (Å²) in [6.07, 6.45) is 3.96. The third kappa shape index (κ3) is 8.91. The maximum absolute atomic E-state index is 12.9. The van der Waals surface area contributed by atoms with Gasteiger partial charge in [-0.3, -0.25) is 0 Å². The first-order valence-electron chi connectivity index (χ1n) is 20.1. The molecule has 14 heteroatoms. The normalized spacial score (nSPS) is 11.1. The molecule has 4 aromatic heterocycles. The SMILES string of the molecule is CC(C)c1cc(-c2n[nH]c(=O)n2-c2ccc3c(ccn3C)c2)c(O)cc1O.Cc1cc(OCc2ccccc2)c(-c2n[nH]c(=O)n2-c2ccc3c(ccn3C)c2)cc1C(C)C.[CH3-].[Pd]. The van der Waals surface area contributed by atoms with E-state index in [1.165, 1.54) is 16.2 Å². The summed E-state index contributed by atoms with van der Waals surface area (Å²) in [5.41, 5.74) is 8.12. The van der Waals surface area contributed by atoms with E-state index < -0.39 is 5.69 Å². The molecule has 0 atom stereocenters. The van der Waals surface area contributed by atoms with Crippen LogP contribution >= 0.6 is 0 Å². The molecule has 9 aromatic rings. The summed E-state index contributed by atoms with van der Waals surface area (Å²) in [5.74, 6) is 1.76. The van der Waals surface area contributed by atoms with Gasteiger partial charge in [0.15, 0.2) is 11.6 Å². The van der Waals surface area contributed by atoms with Gasteiger partial charge < -0.3 is 31.5 Å². The molecule has 4 heterocycles. The molecule has 0 aliphatic heterocycles. The van der Waals surface area contributed by atoms with E-state index in [0.29, 0.717) is 40.9 Å². The molecule has 328 valence electrons. The first kappa shape index (κ1) is 45.6. The number of aryl methyl sites for hydroxylation is 3. The quantitative estimate of drug-likeness (QED) is 0.0829. The van der Waals surface area contributed by atoms with Gasteiger partial charge in [-0.25, -0.2) is 28.9 Å². The Balaban J connectivity index is 0.000000208. The Hall–Kier alpha value is -6.88. The molecule has 13 nitrogen and oxygen atoms in total. The van der Waals surface area contributed by atoms with E-state index in [2.05, 4.69) is 57.9 Å². The smallest absolute Gasteiger partial charge is 0.348 e. The maximum atomic E-state index is 12.9. The van der Waals surface area contributed by atoms with Crippen LogP contribution in [-0.2, 0) is 41.1 Å². The number of aromatic nitrogens is 8. The van der Waals surface area contributed by atoms with Crippen LogP contribution in [0.4, 0.5) is 0 Å². The average Bonchev–Trinajstić information content (AvgIpc) is 4.02. The number of hydrogen-bond acceptors (Lipinski definition) is 7. The minimum atomic E-state index is -0.404. The fourth-order valence-electron chi connectivity index (χ4n) is 7.84. The number of aromatic hydroxyl groups is 2. The number of aromatic amines is 2. The second kappa shape index (κ2) is 18.6. The number of phenols is 2. The summed E-state index contributed by atoms with van der Waals surface area (Å²) in [6, 6.07) is 32.8. The number of H-pyrrole nitrogens is 2. The molecule has 0 radical (unpaired) electrons. The first-order chi connectivity index (χ1) is 29.3. The van der Waals surface area contributed by atoms with Gasteiger partial charge in [0.2, 0.25) is 0 Å². The van der Waals surface area contributed by atoms with Crippen LogP contribution in [0.15, 0.2) is 125 Å². The van der Waals surface area contributed by atoms with Gasteiger partial charge in [-0.1, -0.05) is 58.0 Å². The summed E-state index contributed by atoms with van der Waals surface area (Å²) in [5, 5.41) is 36.2. The molecule has 0 aliphatic carbocycles. The molecular formula is C49H51N8O5Pd-. The van der Waals surface area contributed by atoms with Crippen LogP contribution in [0, 0.1) is 14.4 Å². The van der Waals surface area contributed by atoms with Gasteiger partial charge in [-0.2, -0.15) is 10.2 Å². The molecule has 63 heavy (non-hydrogen) atoms. The zero-order valence-electron chi connectivity index (χ0n) is 36.5. The Bertz CT molecular complexity index is 3170. The van der Waals surface area contributed by atoms with E-state index in [4.69, 9.17) is 4.74 Å². The largest absolute Gasteiger partial charge is 0.508 e. The van der Waals surface area contributed by atoms with Gasteiger partial charge in [0.05, 0.1) is 22.5 Å². The number of phenolic OH excluding ortho intramolecular Hbond substituents is 2. The van der Waals surface area contributed by atoms with Crippen LogP contribution in [0.2, 0.25) is 0 Å². The van der Waals surface area contributed by atoms with Crippen LogP contribution in [0.1, 0.15) is 61.8 Å². The number of benzene rings is 5. The van der Waals surface area contributed by atoms with E-state index in [0.717, 1.165) is 44.2 Å². The molecule has 0 saturated heterocycles. The topological polar surface area (TPSA) is 161 Å². The fourth-order valence-corrected chi connectivity index (χ4v) is 7.84. The number of fused-ring (bicyclic) bond motifs is 2. The Morgan fingerprint density at radius 3 is 1.67 bits per heavy atom. The molecule has 5 aromatic carbocycles. The summed E-state index contributed by atoms with van der Waals surface area (Å²) < 4.78 is 13.4. The average molecular weight is 938 g/mol. The van der Waals surface area contributed by atoms with Crippen molar-refractivity contribution in [1.82, 2.24) is 38.7 Å². The van der Waals surface area contributed by atoms with E-state index >= 15 is 0 Å². The fraction of sp³-hybridized carbons (Fsp3) is 0.204. The van der Waals surface area contributed by atoms with Gasteiger partial charge in [-0.05, 0) is 108 Å². The first-order valence-corrected chi connectivity index (χ1v) is 20.1. The standard InChI is InChI=1S/C28H28N4O2.C20H20N4O3.CH3.Pd/c1-18(2)23-16-24(26(14-19(23)3)34-17-20-8-6-5-7-9-20)27-29-30-28(33)32(27)22-10-11-25-21(15-22)12-13-31(25)4;1-11(2)14-9-15(18(26)10-17(14)25)19-21-22-20(27)24(19)13-4-5-16-12(8-13)6-7-23(16)3;;/h5-16,18H,17H2,1-4H3,(H,30,33);4-11,25-26H,1-3H3,(H,22,27);1H3;/q;;-1;. The van der Waals surface area contributed by atoms with Crippen molar-refractivity contribution in [2.45, 2.75) is 53.1 Å². The molecule has 0 spiro atoms. The van der Waals surface area contributed by atoms with Crippen molar-refractivity contribution in [3.05, 3.63) is 166 Å². The molecule has 0 unspecified atom stereocenters. The van der Waals surface area contributed by atoms with Crippen molar-refractivity contribution >= 4 is 21.8 Å². The minimum Gasteiger partial charge on any atom is -0.508 e. The number of nitrogens with zero attached hydrogens (tertiary/aromatic N) is 6. The van der Waals surface area contributed by atoms with Gasteiger partial charge in [0, 0.05) is 74.8 Å². The second-order valence-electron chi connectivity index (χ2n) is 15.9.